The fourth-order valence-electron chi connectivity index (χ4n) is 3.14. The molecule has 0 spiro atoms. The Morgan fingerprint density at radius 3 is 2.18 bits per heavy atom. The fraction of sp³-hybridized carbons (Fsp3) is 0.208. The molecule has 3 N–H and O–H groups in total. The number of hydrogen-bond acceptors (Lipinski definition) is 5. The molecule has 33 heavy (non-hydrogen) atoms. The zero-order valence-corrected chi connectivity index (χ0v) is 19.5. The second-order valence-electron chi connectivity index (χ2n) is 8.62. The summed E-state index contributed by atoms with van der Waals surface area (Å²) < 4.78 is 28.6. The number of aromatic nitrogens is 1. The summed E-state index contributed by atoms with van der Waals surface area (Å²) in [5.41, 5.74) is 1.93. The third-order valence-corrected chi connectivity index (χ3v) is 6.38. The van der Waals surface area contributed by atoms with Crippen LogP contribution in [0.2, 0.25) is 0 Å². The summed E-state index contributed by atoms with van der Waals surface area (Å²) in [7, 11) is -3.79. The minimum atomic E-state index is -3.79. The highest BCUT2D eigenvalue weighted by atomic mass is 32.2. The van der Waals surface area contributed by atoms with Gasteiger partial charge in [-0.15, -0.1) is 0 Å². The van der Waals surface area contributed by atoms with Gasteiger partial charge in [0.05, 0.1) is 10.5 Å². The molecule has 2 aromatic carbocycles. The number of carbonyl (C=O) groups is 2. The van der Waals surface area contributed by atoms with Crippen LogP contribution in [0.5, 0.6) is 0 Å². The highest BCUT2D eigenvalue weighted by Gasteiger charge is 2.25. The first-order valence-electron chi connectivity index (χ1n) is 10.1. The monoisotopic (exact) mass is 467 g/mol. The van der Waals surface area contributed by atoms with E-state index in [2.05, 4.69) is 15.0 Å². The summed E-state index contributed by atoms with van der Waals surface area (Å²) in [5, 5.41) is 11.6. The molecule has 0 atom stereocenters. The Hall–Kier alpha value is -3.56. The molecule has 172 valence electrons. The minimum Gasteiger partial charge on any atom is -0.478 e. The molecule has 0 aliphatic heterocycles. The van der Waals surface area contributed by atoms with Gasteiger partial charge in [0.25, 0.3) is 5.91 Å². The molecule has 0 saturated heterocycles. The largest absolute Gasteiger partial charge is 0.478 e. The van der Waals surface area contributed by atoms with E-state index in [0.29, 0.717) is 16.8 Å². The lowest BCUT2D eigenvalue weighted by Gasteiger charge is -2.22. The van der Waals surface area contributed by atoms with E-state index in [1.807, 2.05) is 6.92 Å². The highest BCUT2D eigenvalue weighted by molar-refractivity contribution is 7.89. The number of carboxylic acids is 1. The van der Waals surface area contributed by atoms with Crippen molar-refractivity contribution in [2.24, 2.45) is 0 Å². The summed E-state index contributed by atoms with van der Waals surface area (Å²) in [6.07, 6.45) is 1.45. The van der Waals surface area contributed by atoms with Gasteiger partial charge in [-0.2, -0.15) is 0 Å². The van der Waals surface area contributed by atoms with Crippen LogP contribution in [0.15, 0.2) is 65.7 Å². The van der Waals surface area contributed by atoms with Crippen LogP contribution in [0.1, 0.15) is 47.2 Å². The van der Waals surface area contributed by atoms with Gasteiger partial charge in [0.1, 0.15) is 5.69 Å². The van der Waals surface area contributed by atoms with E-state index in [4.69, 9.17) is 5.11 Å². The van der Waals surface area contributed by atoms with Gasteiger partial charge in [0.15, 0.2) is 0 Å². The maximum absolute atomic E-state index is 13.0. The Balaban J connectivity index is 1.87. The summed E-state index contributed by atoms with van der Waals surface area (Å²) in [6.45, 7) is 7.16. The van der Waals surface area contributed by atoms with Crippen molar-refractivity contribution >= 4 is 27.6 Å². The summed E-state index contributed by atoms with van der Waals surface area (Å²) in [6, 6.07) is 13.9. The molecular weight excluding hydrogens is 442 g/mol. The van der Waals surface area contributed by atoms with Gasteiger partial charge in [0.2, 0.25) is 10.0 Å². The van der Waals surface area contributed by atoms with Crippen molar-refractivity contribution in [2.45, 2.75) is 38.1 Å². The van der Waals surface area contributed by atoms with Gasteiger partial charge in [-0.1, -0.05) is 23.8 Å². The van der Waals surface area contributed by atoms with Crippen LogP contribution in [-0.2, 0) is 10.0 Å². The Morgan fingerprint density at radius 2 is 1.64 bits per heavy atom. The summed E-state index contributed by atoms with van der Waals surface area (Å²) >= 11 is 0. The maximum Gasteiger partial charge on any atom is 0.335 e. The Labute approximate surface area is 192 Å². The molecule has 0 saturated carbocycles. The number of amides is 1. The first kappa shape index (κ1) is 24.1. The van der Waals surface area contributed by atoms with Gasteiger partial charge in [0, 0.05) is 28.6 Å². The van der Waals surface area contributed by atoms with Gasteiger partial charge in [-0.3, -0.25) is 9.78 Å². The second kappa shape index (κ2) is 9.13. The molecule has 0 radical (unpaired) electrons. The number of anilines is 1. The number of benzene rings is 2. The van der Waals surface area contributed by atoms with Crippen LogP contribution in [0, 0.1) is 6.92 Å². The average Bonchev–Trinajstić information content (AvgIpc) is 2.72. The van der Waals surface area contributed by atoms with Crippen molar-refractivity contribution in [3.8, 4) is 11.1 Å². The molecule has 1 amide bonds. The summed E-state index contributed by atoms with van der Waals surface area (Å²) in [4.78, 5) is 27.8. The third kappa shape index (κ3) is 6.03. The Kier molecular flexibility index (Phi) is 6.66. The molecular formula is C24H25N3O5S. The number of sulfonamides is 1. The van der Waals surface area contributed by atoms with E-state index in [9.17, 15) is 18.0 Å². The van der Waals surface area contributed by atoms with E-state index in [-0.39, 0.29) is 16.2 Å². The number of nitrogens with one attached hydrogen (secondary N) is 2. The Bertz CT molecular complexity index is 1290. The van der Waals surface area contributed by atoms with Gasteiger partial charge in [-0.25, -0.2) is 17.9 Å². The summed E-state index contributed by atoms with van der Waals surface area (Å²) in [5.74, 6) is -1.53. The van der Waals surface area contributed by atoms with Crippen LogP contribution in [0.25, 0.3) is 11.1 Å². The van der Waals surface area contributed by atoms with Gasteiger partial charge >= 0.3 is 5.97 Å². The first-order valence-corrected chi connectivity index (χ1v) is 11.6. The van der Waals surface area contributed by atoms with Crippen molar-refractivity contribution in [1.82, 2.24) is 9.71 Å². The average molecular weight is 468 g/mol. The van der Waals surface area contributed by atoms with Crippen molar-refractivity contribution in [3.05, 3.63) is 77.6 Å². The van der Waals surface area contributed by atoms with Crippen LogP contribution in [0.3, 0.4) is 0 Å². The van der Waals surface area contributed by atoms with E-state index >= 15 is 0 Å². The molecule has 8 nitrogen and oxygen atoms in total. The Morgan fingerprint density at radius 1 is 0.970 bits per heavy atom. The standard InChI is InChI=1S/C24H25N3O5S/c1-15-5-12-21(33(31,32)27-24(2,3)4)19(13-15)17-8-11-20(25-14-17)22(28)26-18-9-6-16(7-10-18)23(29)30/h5-14,27H,1-4H3,(H,26,28)(H,29,30). The topological polar surface area (TPSA) is 125 Å². The van der Waals surface area contributed by atoms with Crippen LogP contribution >= 0.6 is 0 Å². The predicted octanol–water partition coefficient (Wildman–Crippen LogP) is 4.08. The lowest BCUT2D eigenvalue weighted by molar-refractivity contribution is 0.0696. The minimum absolute atomic E-state index is 0.111. The number of rotatable bonds is 6. The quantitative estimate of drug-likeness (QED) is 0.501. The molecule has 0 unspecified atom stereocenters. The number of hydrogen-bond donors (Lipinski definition) is 3. The fourth-order valence-corrected chi connectivity index (χ4v) is 4.77. The number of carboxylic acid groups (broad SMARTS) is 1. The van der Waals surface area contributed by atoms with E-state index in [1.165, 1.54) is 36.5 Å². The lowest BCUT2D eigenvalue weighted by atomic mass is 10.0. The molecule has 3 aromatic rings. The maximum atomic E-state index is 13.0. The smallest absolute Gasteiger partial charge is 0.335 e. The van der Waals surface area contributed by atoms with Crippen molar-refractivity contribution in [3.63, 3.8) is 0 Å². The van der Waals surface area contributed by atoms with Crippen LogP contribution in [0.4, 0.5) is 5.69 Å². The number of pyridine rings is 1. The van der Waals surface area contributed by atoms with Gasteiger partial charge < -0.3 is 10.4 Å². The van der Waals surface area contributed by atoms with Crippen LogP contribution in [-0.4, -0.2) is 35.9 Å². The third-order valence-electron chi connectivity index (χ3n) is 4.56. The number of carbonyl (C=O) groups excluding carboxylic acids is 1. The van der Waals surface area contributed by atoms with E-state index in [0.717, 1.165) is 5.56 Å². The molecule has 0 bridgehead atoms. The number of nitrogens with zero attached hydrogens (tertiary/aromatic N) is 1. The van der Waals surface area contributed by atoms with E-state index < -0.39 is 27.4 Å². The zero-order chi connectivity index (χ0) is 24.4. The number of aryl methyl sites for hydroxylation is 1. The number of aromatic carboxylic acids is 1. The molecule has 0 fully saturated rings. The molecule has 1 heterocycles. The molecule has 0 aliphatic carbocycles. The first-order chi connectivity index (χ1) is 15.4. The molecule has 9 heteroatoms. The van der Waals surface area contributed by atoms with Crippen LogP contribution < -0.4 is 10.0 Å². The van der Waals surface area contributed by atoms with Crippen molar-refractivity contribution in [1.29, 1.82) is 0 Å². The predicted molar refractivity (Wildman–Crippen MR) is 126 cm³/mol. The normalized spacial score (nSPS) is 11.8. The lowest BCUT2D eigenvalue weighted by Crippen LogP contribution is -2.40. The van der Waals surface area contributed by atoms with Crippen molar-refractivity contribution < 1.29 is 23.1 Å². The molecule has 3 rings (SSSR count). The van der Waals surface area contributed by atoms with Crippen molar-refractivity contribution in [2.75, 3.05) is 5.32 Å². The SMILES string of the molecule is Cc1ccc(S(=O)(=O)NC(C)(C)C)c(-c2ccc(C(=O)Nc3ccc(C(=O)O)cc3)nc2)c1. The highest BCUT2D eigenvalue weighted by Crippen LogP contribution is 2.29. The second-order valence-corrected chi connectivity index (χ2v) is 10.3. The van der Waals surface area contributed by atoms with E-state index in [1.54, 1.807) is 45.0 Å². The van der Waals surface area contributed by atoms with Gasteiger partial charge in [-0.05, 0) is 64.1 Å². The molecule has 1 aromatic heterocycles. The zero-order valence-electron chi connectivity index (χ0n) is 18.7. The molecule has 0 aliphatic rings.